The Morgan fingerprint density at radius 1 is 0.479 bits per heavy atom. The lowest BCUT2D eigenvalue weighted by Gasteiger charge is -2.36. The third kappa shape index (κ3) is 16.3. The fraction of sp³-hybridized carbons (Fsp3) is 0.761. The standard InChI is InChI=1S/C46H78N2/c1-4-6-8-10-12-14-16-18-20-22-24-26-28-30-32-39-46(47-43-36-34-35-42-41(3)37-38-44(48-46)45(42)43)40-33-31-29-27-25-23-21-19-17-15-13-11-9-7-5-2/h34-38,47H,3-33,39-40H2,1-2H3. The van der Waals surface area contributed by atoms with Gasteiger partial charge in [0, 0.05) is 11.1 Å². The minimum absolute atomic E-state index is 0.156. The molecule has 0 bridgehead atoms. The van der Waals surface area contributed by atoms with E-state index in [1.54, 1.807) is 0 Å². The molecule has 1 N–H and O–H groups in total. The molecule has 2 heteroatoms. The van der Waals surface area contributed by atoms with Crippen molar-refractivity contribution in [3.05, 3.63) is 40.9 Å². The van der Waals surface area contributed by atoms with Gasteiger partial charge >= 0.3 is 0 Å². The van der Waals surface area contributed by atoms with E-state index in [-0.39, 0.29) is 5.66 Å². The van der Waals surface area contributed by atoms with Crippen LogP contribution in [-0.2, 0) is 0 Å². The van der Waals surface area contributed by atoms with Crippen LogP contribution in [0.4, 0.5) is 5.69 Å². The SMILES string of the molecule is C=c1ccc2c3c(cccc13)NC(CCCCCCCCCCCCCCCCC)(CCCCCCCCCCCCCCCCC)N=2. The fourth-order valence-electron chi connectivity index (χ4n) is 8.09. The molecular weight excluding hydrogens is 581 g/mol. The van der Waals surface area contributed by atoms with E-state index in [2.05, 4.69) is 56.1 Å². The van der Waals surface area contributed by atoms with Crippen LogP contribution >= 0.6 is 0 Å². The monoisotopic (exact) mass is 659 g/mol. The number of benzene rings is 2. The zero-order valence-corrected chi connectivity index (χ0v) is 32.2. The summed E-state index contributed by atoms with van der Waals surface area (Å²) in [6, 6.07) is 11.1. The lowest BCUT2D eigenvalue weighted by molar-refractivity contribution is 0.368. The summed E-state index contributed by atoms with van der Waals surface area (Å²) in [6.45, 7) is 8.91. The number of nitrogens with one attached hydrogen (secondary N) is 1. The summed E-state index contributed by atoms with van der Waals surface area (Å²) in [5.74, 6) is 0. The predicted molar refractivity (Wildman–Crippen MR) is 216 cm³/mol. The normalized spacial score (nSPS) is 13.5. The zero-order chi connectivity index (χ0) is 34.0. The van der Waals surface area contributed by atoms with Crippen LogP contribution in [-0.4, -0.2) is 5.66 Å². The Kier molecular flexibility index (Phi) is 22.0. The molecule has 272 valence electrons. The van der Waals surface area contributed by atoms with E-state index in [4.69, 9.17) is 4.99 Å². The van der Waals surface area contributed by atoms with Crippen molar-refractivity contribution in [1.82, 2.24) is 0 Å². The highest BCUT2D eigenvalue weighted by atomic mass is 15.2. The minimum Gasteiger partial charge on any atom is -0.361 e. The van der Waals surface area contributed by atoms with Crippen molar-refractivity contribution >= 4 is 23.0 Å². The lowest BCUT2D eigenvalue weighted by atomic mass is 9.91. The molecule has 48 heavy (non-hydrogen) atoms. The van der Waals surface area contributed by atoms with Crippen LogP contribution in [0, 0.1) is 0 Å². The highest BCUT2D eigenvalue weighted by molar-refractivity contribution is 5.94. The zero-order valence-electron chi connectivity index (χ0n) is 32.2. The molecule has 0 radical (unpaired) electrons. The summed E-state index contributed by atoms with van der Waals surface area (Å²) in [5.41, 5.74) is 1.11. The van der Waals surface area contributed by atoms with E-state index in [0.29, 0.717) is 0 Å². The summed E-state index contributed by atoms with van der Waals surface area (Å²) in [4.78, 5) is 5.50. The summed E-state index contributed by atoms with van der Waals surface area (Å²) in [7, 11) is 0. The number of anilines is 1. The van der Waals surface area contributed by atoms with Crippen molar-refractivity contribution in [2.24, 2.45) is 4.99 Å². The largest absolute Gasteiger partial charge is 0.361 e. The second-order valence-corrected chi connectivity index (χ2v) is 15.6. The van der Waals surface area contributed by atoms with Gasteiger partial charge in [-0.15, -0.1) is 0 Å². The number of rotatable bonds is 32. The number of hydrogen-bond acceptors (Lipinski definition) is 2. The van der Waals surface area contributed by atoms with E-state index in [1.165, 1.54) is 214 Å². The van der Waals surface area contributed by atoms with E-state index in [1.807, 2.05) is 0 Å². The molecule has 3 rings (SSSR count). The van der Waals surface area contributed by atoms with Gasteiger partial charge in [-0.25, -0.2) is 0 Å². The molecule has 2 nitrogen and oxygen atoms in total. The predicted octanol–water partition coefficient (Wildman–Crippen LogP) is 14.5. The Morgan fingerprint density at radius 3 is 1.25 bits per heavy atom. The lowest BCUT2D eigenvalue weighted by Crippen LogP contribution is -2.41. The first-order chi connectivity index (χ1) is 23.7. The third-order valence-corrected chi connectivity index (χ3v) is 11.2. The van der Waals surface area contributed by atoms with Gasteiger partial charge in [-0.3, -0.25) is 4.99 Å². The quantitative estimate of drug-likeness (QED) is 0.0777. The molecule has 0 amide bonds. The molecular formula is C46H78N2. The molecule has 0 atom stereocenters. The highest BCUT2D eigenvalue weighted by Gasteiger charge is 2.31. The molecule has 1 aliphatic rings. The van der Waals surface area contributed by atoms with Gasteiger partial charge < -0.3 is 5.32 Å². The Morgan fingerprint density at radius 2 is 0.854 bits per heavy atom. The number of nitrogens with zero attached hydrogens (tertiary/aromatic N) is 1. The molecule has 0 aliphatic carbocycles. The second-order valence-electron chi connectivity index (χ2n) is 15.6. The Bertz CT molecular complexity index is 1150. The van der Waals surface area contributed by atoms with Crippen LogP contribution in [0.1, 0.15) is 219 Å². The highest BCUT2D eigenvalue weighted by Crippen LogP contribution is 2.34. The average Bonchev–Trinajstić information content (AvgIpc) is 3.10. The molecule has 0 unspecified atom stereocenters. The van der Waals surface area contributed by atoms with Gasteiger partial charge in [-0.1, -0.05) is 218 Å². The molecule has 1 heterocycles. The van der Waals surface area contributed by atoms with Crippen molar-refractivity contribution in [1.29, 1.82) is 0 Å². The van der Waals surface area contributed by atoms with Crippen LogP contribution in [0.15, 0.2) is 35.3 Å². The van der Waals surface area contributed by atoms with E-state index >= 15 is 0 Å². The van der Waals surface area contributed by atoms with Crippen LogP contribution < -0.4 is 15.9 Å². The first-order valence-corrected chi connectivity index (χ1v) is 21.6. The van der Waals surface area contributed by atoms with E-state index in [9.17, 15) is 0 Å². The molecule has 1 aliphatic heterocycles. The van der Waals surface area contributed by atoms with Crippen molar-refractivity contribution in [3.8, 4) is 0 Å². The van der Waals surface area contributed by atoms with Crippen molar-refractivity contribution in [2.45, 2.75) is 225 Å². The van der Waals surface area contributed by atoms with Crippen LogP contribution in [0.5, 0.6) is 0 Å². The molecule has 0 aromatic heterocycles. The maximum absolute atomic E-state index is 5.50. The number of hydrogen-bond donors (Lipinski definition) is 1. The van der Waals surface area contributed by atoms with Gasteiger partial charge in [0.2, 0.25) is 0 Å². The first kappa shape index (κ1) is 40.6. The Labute approximate surface area is 298 Å². The molecule has 2 aromatic carbocycles. The van der Waals surface area contributed by atoms with Gasteiger partial charge in [0.1, 0.15) is 5.66 Å². The topological polar surface area (TPSA) is 24.4 Å². The summed E-state index contributed by atoms with van der Waals surface area (Å²) in [5, 5.41) is 8.80. The van der Waals surface area contributed by atoms with Gasteiger partial charge in [0.05, 0.1) is 5.36 Å². The maximum atomic E-state index is 5.50. The smallest absolute Gasteiger partial charge is 0.130 e. The molecule has 0 fully saturated rings. The summed E-state index contributed by atoms with van der Waals surface area (Å²) in [6.07, 6.45) is 44.7. The Balaban J connectivity index is 1.33. The third-order valence-electron chi connectivity index (χ3n) is 11.2. The summed E-state index contributed by atoms with van der Waals surface area (Å²) >= 11 is 0. The molecule has 2 aromatic rings. The molecule has 0 saturated carbocycles. The van der Waals surface area contributed by atoms with Gasteiger partial charge in [0.25, 0.3) is 0 Å². The van der Waals surface area contributed by atoms with E-state index in [0.717, 1.165) is 18.1 Å². The van der Waals surface area contributed by atoms with Crippen molar-refractivity contribution in [2.75, 3.05) is 5.32 Å². The summed E-state index contributed by atoms with van der Waals surface area (Å²) < 4.78 is 0. The first-order valence-electron chi connectivity index (χ1n) is 21.6. The van der Waals surface area contributed by atoms with Gasteiger partial charge in [0.15, 0.2) is 0 Å². The van der Waals surface area contributed by atoms with Crippen LogP contribution in [0.25, 0.3) is 17.4 Å². The van der Waals surface area contributed by atoms with Crippen molar-refractivity contribution in [3.63, 3.8) is 0 Å². The average molecular weight is 659 g/mol. The van der Waals surface area contributed by atoms with Crippen molar-refractivity contribution < 1.29 is 0 Å². The molecule has 0 saturated heterocycles. The van der Waals surface area contributed by atoms with Gasteiger partial charge in [-0.2, -0.15) is 0 Å². The Hall–Kier alpha value is -1.83. The minimum atomic E-state index is -0.156. The van der Waals surface area contributed by atoms with Gasteiger partial charge in [-0.05, 0) is 48.4 Å². The van der Waals surface area contributed by atoms with Crippen LogP contribution in [0.3, 0.4) is 0 Å². The maximum Gasteiger partial charge on any atom is 0.130 e. The second kappa shape index (κ2) is 26.0. The fourth-order valence-corrected chi connectivity index (χ4v) is 8.09. The van der Waals surface area contributed by atoms with Crippen LogP contribution in [0.2, 0.25) is 0 Å². The molecule has 0 spiro atoms. The number of unbranched alkanes of at least 4 members (excludes halogenated alkanes) is 28. The van der Waals surface area contributed by atoms with E-state index < -0.39 is 0 Å².